The third-order valence-electron chi connectivity index (χ3n) is 1.51. The van der Waals surface area contributed by atoms with Crippen molar-refractivity contribution >= 4 is 32.4 Å². The summed E-state index contributed by atoms with van der Waals surface area (Å²) < 4.78 is 23.7. The van der Waals surface area contributed by atoms with Gasteiger partial charge in [0, 0.05) is 14.0 Å². The summed E-state index contributed by atoms with van der Waals surface area (Å²) in [6, 6.07) is 0. The minimum absolute atomic E-state index is 0.121. The van der Waals surface area contributed by atoms with Crippen molar-refractivity contribution in [1.82, 2.24) is 14.7 Å². The highest BCUT2D eigenvalue weighted by Crippen LogP contribution is 2.22. The molecule has 0 bridgehead atoms. The molecule has 0 saturated heterocycles. The van der Waals surface area contributed by atoms with E-state index in [0.717, 1.165) is 11.3 Å². The van der Waals surface area contributed by atoms with E-state index in [2.05, 4.69) is 20.4 Å². The van der Waals surface area contributed by atoms with Crippen LogP contribution in [0.4, 0.5) is 5.13 Å². The molecule has 0 aliphatic rings. The Morgan fingerprint density at radius 3 is 2.62 bits per heavy atom. The van der Waals surface area contributed by atoms with Crippen LogP contribution in [0.3, 0.4) is 0 Å². The molecule has 8 nitrogen and oxygen atoms in total. The molecule has 1 aromatic heterocycles. The van der Waals surface area contributed by atoms with Crippen molar-refractivity contribution in [3.05, 3.63) is 0 Å². The van der Waals surface area contributed by atoms with Crippen LogP contribution < -0.4 is 5.32 Å². The molecule has 0 unspecified atom stereocenters. The van der Waals surface area contributed by atoms with Crippen molar-refractivity contribution < 1.29 is 18.0 Å². The highest BCUT2D eigenvalue weighted by atomic mass is 32.2. The Labute approximate surface area is 96.2 Å². The first kappa shape index (κ1) is 13.0. The zero-order chi connectivity index (χ0) is 12.3. The predicted molar refractivity (Wildman–Crippen MR) is 56.2 cm³/mol. The summed E-state index contributed by atoms with van der Waals surface area (Å²) in [6.07, 6.45) is 0. The highest BCUT2D eigenvalue weighted by Gasteiger charge is 2.25. The molecule has 0 fully saturated rings. The van der Waals surface area contributed by atoms with E-state index in [9.17, 15) is 13.2 Å². The number of nitrogens with zero attached hydrogens (tertiary/aromatic N) is 3. The molecule has 90 valence electrons. The molecule has 10 heteroatoms. The summed E-state index contributed by atoms with van der Waals surface area (Å²) in [7, 11) is -1.35. The van der Waals surface area contributed by atoms with Gasteiger partial charge < -0.3 is 5.32 Å². The second kappa shape index (κ2) is 4.82. The van der Waals surface area contributed by atoms with Gasteiger partial charge in [-0.2, -0.15) is 0 Å². The van der Waals surface area contributed by atoms with E-state index in [-0.39, 0.29) is 15.4 Å². The summed E-state index contributed by atoms with van der Waals surface area (Å²) >= 11 is 0.748. The van der Waals surface area contributed by atoms with Gasteiger partial charge in [-0.1, -0.05) is 15.8 Å². The second-order valence-electron chi connectivity index (χ2n) is 2.65. The van der Waals surface area contributed by atoms with Gasteiger partial charge in [0.25, 0.3) is 14.4 Å². The number of rotatable bonds is 4. The predicted octanol–water partition coefficient (Wildman–Crippen LogP) is -0.322. The van der Waals surface area contributed by atoms with Gasteiger partial charge in [0.2, 0.25) is 11.0 Å². The molecule has 0 radical (unpaired) electrons. The molecule has 0 aliphatic heterocycles. The van der Waals surface area contributed by atoms with E-state index in [1.807, 2.05) is 0 Å². The van der Waals surface area contributed by atoms with Crippen LogP contribution in [0.1, 0.15) is 6.92 Å². The number of amides is 1. The fourth-order valence-corrected chi connectivity index (χ4v) is 2.78. The number of aromatic nitrogens is 2. The first-order valence-electron chi connectivity index (χ1n) is 4.02. The zero-order valence-corrected chi connectivity index (χ0v) is 10.4. The molecule has 1 aromatic rings. The van der Waals surface area contributed by atoms with Gasteiger partial charge in [0.05, 0.1) is 7.11 Å². The Hall–Kier alpha value is -1.10. The van der Waals surface area contributed by atoms with Crippen molar-refractivity contribution in [2.24, 2.45) is 0 Å². The minimum atomic E-state index is -3.80. The maximum absolute atomic E-state index is 11.7. The average molecular weight is 266 g/mol. The Morgan fingerprint density at radius 1 is 1.50 bits per heavy atom. The number of nitrogens with one attached hydrogen (secondary N) is 1. The number of carbonyl (C=O) groups excluding carboxylic acids is 1. The average Bonchev–Trinajstić information content (AvgIpc) is 2.64. The zero-order valence-electron chi connectivity index (χ0n) is 8.79. The molecular weight excluding hydrogens is 256 g/mol. The van der Waals surface area contributed by atoms with Crippen molar-refractivity contribution in [3.63, 3.8) is 0 Å². The van der Waals surface area contributed by atoms with Crippen LogP contribution in [-0.2, 0) is 19.7 Å². The molecule has 1 N–H and O–H groups in total. The summed E-state index contributed by atoms with van der Waals surface area (Å²) in [5.41, 5.74) is 0. The maximum Gasteiger partial charge on any atom is 0.293 e. The monoisotopic (exact) mass is 266 g/mol. The lowest BCUT2D eigenvalue weighted by atomic mass is 10.7. The molecule has 1 amide bonds. The maximum atomic E-state index is 11.7. The lowest BCUT2D eigenvalue weighted by Gasteiger charge is -2.10. The van der Waals surface area contributed by atoms with Gasteiger partial charge in [0.15, 0.2) is 0 Å². The second-order valence-corrected chi connectivity index (χ2v) is 5.74. The third-order valence-corrected chi connectivity index (χ3v) is 4.37. The molecule has 1 rings (SSSR count). The first-order chi connectivity index (χ1) is 7.37. The summed E-state index contributed by atoms with van der Waals surface area (Å²) in [4.78, 5) is 15.3. The van der Waals surface area contributed by atoms with Gasteiger partial charge in [0.1, 0.15) is 0 Å². The Morgan fingerprint density at radius 2 is 2.12 bits per heavy atom. The molecule has 0 atom stereocenters. The van der Waals surface area contributed by atoms with Crippen molar-refractivity contribution in [2.45, 2.75) is 11.3 Å². The molecule has 0 aliphatic carbocycles. The SMILES string of the molecule is CON(C)S(=O)(=O)c1nnc(NC(C)=O)s1. The molecule has 16 heavy (non-hydrogen) atoms. The normalized spacial score (nSPS) is 11.8. The number of hydrogen-bond acceptors (Lipinski definition) is 7. The van der Waals surface area contributed by atoms with Gasteiger partial charge in [-0.05, 0) is 0 Å². The largest absolute Gasteiger partial charge is 0.301 e. The van der Waals surface area contributed by atoms with Gasteiger partial charge in [-0.3, -0.25) is 9.63 Å². The Bertz CT molecular complexity index is 482. The van der Waals surface area contributed by atoms with Crippen LogP contribution >= 0.6 is 11.3 Å². The van der Waals surface area contributed by atoms with E-state index < -0.39 is 10.0 Å². The van der Waals surface area contributed by atoms with Crippen LogP contribution in [0.2, 0.25) is 0 Å². The number of carbonyl (C=O) groups is 1. The summed E-state index contributed by atoms with van der Waals surface area (Å²) in [6.45, 7) is 1.29. The molecule has 0 spiro atoms. The van der Waals surface area contributed by atoms with Crippen LogP contribution in [0, 0.1) is 0 Å². The minimum Gasteiger partial charge on any atom is -0.301 e. The smallest absolute Gasteiger partial charge is 0.293 e. The van der Waals surface area contributed by atoms with Gasteiger partial charge in [-0.25, -0.2) is 8.42 Å². The molecular formula is C6H10N4O4S2. The van der Waals surface area contributed by atoms with E-state index in [1.165, 1.54) is 21.1 Å². The Balaban J connectivity index is 2.98. The van der Waals surface area contributed by atoms with Crippen LogP contribution in [0.25, 0.3) is 0 Å². The van der Waals surface area contributed by atoms with E-state index in [4.69, 9.17) is 0 Å². The quantitative estimate of drug-likeness (QED) is 0.592. The number of sulfonamides is 1. The van der Waals surface area contributed by atoms with Crippen LogP contribution in [0.5, 0.6) is 0 Å². The van der Waals surface area contributed by atoms with Crippen molar-refractivity contribution in [2.75, 3.05) is 19.5 Å². The number of hydroxylamine groups is 1. The van der Waals surface area contributed by atoms with Gasteiger partial charge in [-0.15, -0.1) is 10.2 Å². The molecule has 0 aromatic carbocycles. The fraction of sp³-hybridized carbons (Fsp3) is 0.500. The lowest BCUT2D eigenvalue weighted by molar-refractivity contribution is -0.114. The Kier molecular flexibility index (Phi) is 3.91. The summed E-state index contributed by atoms with van der Waals surface area (Å²) in [5, 5.41) is 9.43. The van der Waals surface area contributed by atoms with Crippen molar-refractivity contribution in [1.29, 1.82) is 0 Å². The third kappa shape index (κ3) is 2.72. The molecule has 1 heterocycles. The lowest BCUT2D eigenvalue weighted by Crippen LogP contribution is -2.25. The van der Waals surface area contributed by atoms with E-state index in [0.29, 0.717) is 4.47 Å². The topological polar surface area (TPSA) is 101 Å². The van der Waals surface area contributed by atoms with Crippen molar-refractivity contribution in [3.8, 4) is 0 Å². The number of hydrogen-bond donors (Lipinski definition) is 1. The van der Waals surface area contributed by atoms with Gasteiger partial charge >= 0.3 is 0 Å². The van der Waals surface area contributed by atoms with E-state index in [1.54, 1.807) is 0 Å². The standard InChI is InChI=1S/C6H10N4O4S2/c1-4(11)7-5-8-9-6(15-5)16(12,13)10(2)14-3/h1-3H3,(H,7,8,11). The number of anilines is 1. The highest BCUT2D eigenvalue weighted by molar-refractivity contribution is 7.91. The van der Waals surface area contributed by atoms with Crippen LogP contribution in [0.15, 0.2) is 4.34 Å². The first-order valence-corrected chi connectivity index (χ1v) is 6.27. The fourth-order valence-electron chi connectivity index (χ4n) is 0.723. The molecule has 0 saturated carbocycles. The van der Waals surface area contributed by atoms with Crippen LogP contribution in [-0.4, -0.2) is 43.1 Å². The summed E-state index contributed by atoms with van der Waals surface area (Å²) in [5.74, 6) is -0.347. The van der Waals surface area contributed by atoms with E-state index >= 15 is 0 Å².